The average molecular weight is 471 g/mol. The Hall–Kier alpha value is -2.23. The van der Waals surface area contributed by atoms with Gasteiger partial charge < -0.3 is 4.74 Å². The molecule has 0 bridgehead atoms. The van der Waals surface area contributed by atoms with E-state index in [1.807, 2.05) is 12.1 Å². The highest BCUT2D eigenvalue weighted by atomic mass is 19.2. The molecule has 2 aliphatic rings. The summed E-state index contributed by atoms with van der Waals surface area (Å²) in [4.78, 5) is 0. The van der Waals surface area contributed by atoms with E-state index in [-0.39, 0.29) is 17.7 Å². The summed E-state index contributed by atoms with van der Waals surface area (Å²) in [5, 5.41) is 0. The minimum atomic E-state index is -0.625. The number of aryl methyl sites for hydroxylation is 1. The zero-order valence-corrected chi connectivity index (χ0v) is 20.3. The van der Waals surface area contributed by atoms with Gasteiger partial charge in [0.15, 0.2) is 11.6 Å². The van der Waals surface area contributed by atoms with E-state index in [0.717, 1.165) is 57.8 Å². The van der Waals surface area contributed by atoms with Gasteiger partial charge in [-0.05, 0) is 97.8 Å². The van der Waals surface area contributed by atoms with E-state index in [2.05, 4.69) is 13.5 Å². The van der Waals surface area contributed by atoms with Crippen molar-refractivity contribution in [1.29, 1.82) is 0 Å². The fraction of sp³-hybridized carbons (Fsp3) is 0.533. The highest BCUT2D eigenvalue weighted by Gasteiger charge is 2.29. The van der Waals surface area contributed by atoms with Crippen LogP contribution in [0.3, 0.4) is 0 Å². The van der Waals surface area contributed by atoms with Crippen molar-refractivity contribution < 1.29 is 17.9 Å². The predicted molar refractivity (Wildman–Crippen MR) is 132 cm³/mol. The Morgan fingerprint density at radius 2 is 1.44 bits per heavy atom. The van der Waals surface area contributed by atoms with Gasteiger partial charge >= 0.3 is 0 Å². The molecule has 0 radical (unpaired) electrons. The summed E-state index contributed by atoms with van der Waals surface area (Å²) >= 11 is 0. The van der Waals surface area contributed by atoms with E-state index in [0.29, 0.717) is 47.3 Å². The maximum Gasteiger partial charge on any atom is 0.162 e. The topological polar surface area (TPSA) is 9.23 Å². The molecular formula is C30H37F3O. The number of hydrogen-bond acceptors (Lipinski definition) is 1. The number of halogens is 3. The first-order chi connectivity index (χ1) is 16.5. The fourth-order valence-corrected chi connectivity index (χ4v) is 5.88. The Morgan fingerprint density at radius 3 is 2.00 bits per heavy atom. The van der Waals surface area contributed by atoms with Crippen LogP contribution in [0.2, 0.25) is 0 Å². The van der Waals surface area contributed by atoms with E-state index >= 15 is 4.39 Å². The van der Waals surface area contributed by atoms with Gasteiger partial charge in [-0.15, -0.1) is 0 Å². The lowest BCUT2D eigenvalue weighted by molar-refractivity contribution is 0.302. The van der Waals surface area contributed by atoms with Crippen LogP contribution in [0.5, 0.6) is 5.75 Å². The molecule has 0 aliphatic heterocycles. The maximum absolute atomic E-state index is 15.1. The molecule has 34 heavy (non-hydrogen) atoms. The standard InChI is InChI=1S/C30H37F3O/c1-3-18-34-25-15-14-24(28(31)19-25)13-8-21-6-11-23(12-7-21)27-17-16-26(29(32)30(27)33)22-9-4-20(2)5-10-22/h3,14-17,19-23H,1,4-13,18H2,2H3. The van der Waals surface area contributed by atoms with Gasteiger partial charge in [0.1, 0.15) is 18.2 Å². The largest absolute Gasteiger partial charge is 0.489 e. The Bertz CT molecular complexity index is 969. The van der Waals surface area contributed by atoms with Crippen molar-refractivity contribution in [2.45, 2.75) is 83.0 Å². The van der Waals surface area contributed by atoms with Gasteiger partial charge in [0, 0.05) is 6.07 Å². The first-order valence-corrected chi connectivity index (χ1v) is 13.0. The molecule has 0 heterocycles. The Kier molecular flexibility index (Phi) is 8.39. The molecule has 1 nitrogen and oxygen atoms in total. The van der Waals surface area contributed by atoms with E-state index in [9.17, 15) is 8.78 Å². The number of ether oxygens (including phenoxy) is 1. The minimum absolute atomic E-state index is 0.0733. The third-order valence-corrected chi connectivity index (χ3v) is 8.10. The van der Waals surface area contributed by atoms with Crippen LogP contribution in [0.4, 0.5) is 13.2 Å². The van der Waals surface area contributed by atoms with Crippen molar-refractivity contribution in [2.24, 2.45) is 11.8 Å². The quantitative estimate of drug-likeness (QED) is 0.350. The van der Waals surface area contributed by atoms with Crippen molar-refractivity contribution in [1.82, 2.24) is 0 Å². The Balaban J connectivity index is 1.30. The highest BCUT2D eigenvalue weighted by molar-refractivity contribution is 5.32. The summed E-state index contributed by atoms with van der Waals surface area (Å²) < 4.78 is 49.8. The van der Waals surface area contributed by atoms with Crippen LogP contribution in [0.25, 0.3) is 0 Å². The van der Waals surface area contributed by atoms with Crippen LogP contribution in [0.15, 0.2) is 43.0 Å². The van der Waals surface area contributed by atoms with Crippen LogP contribution in [-0.4, -0.2) is 6.61 Å². The summed E-state index contributed by atoms with van der Waals surface area (Å²) in [5.74, 6) is 0.438. The molecule has 4 heteroatoms. The van der Waals surface area contributed by atoms with E-state index in [1.165, 1.54) is 6.07 Å². The number of benzene rings is 2. The predicted octanol–water partition coefficient (Wildman–Crippen LogP) is 8.87. The molecule has 2 fully saturated rings. The summed E-state index contributed by atoms with van der Waals surface area (Å²) in [6, 6.07) is 8.73. The number of rotatable bonds is 8. The molecule has 4 rings (SSSR count). The van der Waals surface area contributed by atoms with Gasteiger partial charge in [-0.25, -0.2) is 13.2 Å². The van der Waals surface area contributed by atoms with Crippen LogP contribution in [0, 0.1) is 29.3 Å². The van der Waals surface area contributed by atoms with Crippen LogP contribution in [-0.2, 0) is 6.42 Å². The third-order valence-electron chi connectivity index (χ3n) is 8.10. The molecule has 0 spiro atoms. The van der Waals surface area contributed by atoms with Crippen molar-refractivity contribution in [3.8, 4) is 5.75 Å². The van der Waals surface area contributed by atoms with Crippen LogP contribution < -0.4 is 4.74 Å². The van der Waals surface area contributed by atoms with Crippen molar-refractivity contribution in [3.63, 3.8) is 0 Å². The fourth-order valence-electron chi connectivity index (χ4n) is 5.88. The summed E-state index contributed by atoms with van der Waals surface area (Å²) in [6.45, 7) is 6.19. The SMILES string of the molecule is C=CCOc1ccc(CCC2CCC(c3ccc(C4CCC(C)CC4)c(F)c3F)CC2)c(F)c1. The van der Waals surface area contributed by atoms with Gasteiger partial charge in [-0.3, -0.25) is 0 Å². The molecule has 2 saturated carbocycles. The first kappa shape index (κ1) is 24.9. The maximum atomic E-state index is 15.1. The van der Waals surface area contributed by atoms with Crippen LogP contribution in [0.1, 0.15) is 93.2 Å². The van der Waals surface area contributed by atoms with Crippen molar-refractivity contribution in [3.05, 3.63) is 77.1 Å². The van der Waals surface area contributed by atoms with E-state index in [1.54, 1.807) is 18.2 Å². The Labute approximate surface area is 202 Å². The molecule has 0 unspecified atom stereocenters. The van der Waals surface area contributed by atoms with Gasteiger partial charge in [-0.1, -0.05) is 50.6 Å². The molecule has 2 aromatic rings. The molecular weight excluding hydrogens is 433 g/mol. The first-order valence-electron chi connectivity index (χ1n) is 13.0. The second-order valence-electron chi connectivity index (χ2n) is 10.4. The van der Waals surface area contributed by atoms with Crippen molar-refractivity contribution >= 4 is 0 Å². The van der Waals surface area contributed by atoms with Crippen LogP contribution >= 0.6 is 0 Å². The lowest BCUT2D eigenvalue weighted by Gasteiger charge is -2.30. The summed E-state index contributed by atoms with van der Waals surface area (Å²) in [7, 11) is 0. The van der Waals surface area contributed by atoms with Gasteiger partial charge in [0.2, 0.25) is 0 Å². The van der Waals surface area contributed by atoms with Gasteiger partial charge in [0.25, 0.3) is 0 Å². The molecule has 184 valence electrons. The molecule has 0 N–H and O–H groups in total. The van der Waals surface area contributed by atoms with Gasteiger partial charge in [-0.2, -0.15) is 0 Å². The van der Waals surface area contributed by atoms with Gasteiger partial charge in [0.05, 0.1) is 0 Å². The lowest BCUT2D eigenvalue weighted by Crippen LogP contribution is -2.17. The molecule has 2 aromatic carbocycles. The molecule has 2 aliphatic carbocycles. The zero-order valence-electron chi connectivity index (χ0n) is 20.3. The second kappa shape index (κ2) is 11.5. The molecule has 0 amide bonds. The minimum Gasteiger partial charge on any atom is -0.489 e. The van der Waals surface area contributed by atoms with Crippen molar-refractivity contribution in [2.75, 3.05) is 6.61 Å². The summed E-state index contributed by atoms with van der Waals surface area (Å²) in [5.41, 5.74) is 1.82. The Morgan fingerprint density at radius 1 is 0.853 bits per heavy atom. The highest BCUT2D eigenvalue weighted by Crippen LogP contribution is 2.42. The van der Waals surface area contributed by atoms with E-state index in [4.69, 9.17) is 4.74 Å². The number of hydrogen-bond donors (Lipinski definition) is 0. The monoisotopic (exact) mass is 470 g/mol. The third kappa shape index (κ3) is 5.87. The summed E-state index contributed by atoms with van der Waals surface area (Å²) in [6.07, 6.45) is 11.0. The average Bonchev–Trinajstić information content (AvgIpc) is 2.85. The normalized spacial score (nSPS) is 25.2. The lowest BCUT2D eigenvalue weighted by atomic mass is 9.75. The van der Waals surface area contributed by atoms with E-state index < -0.39 is 11.6 Å². The molecule has 0 aromatic heterocycles. The zero-order chi connectivity index (χ0) is 24.1. The molecule has 0 atom stereocenters. The molecule has 0 saturated heterocycles. The second-order valence-corrected chi connectivity index (χ2v) is 10.4. The smallest absolute Gasteiger partial charge is 0.162 e.